The number of aryl methyl sites for hydroxylation is 1. The van der Waals surface area contributed by atoms with Crippen LogP contribution >= 0.6 is 12.2 Å². The number of aromatic nitrogens is 1. The van der Waals surface area contributed by atoms with Crippen molar-refractivity contribution in [2.45, 2.75) is 25.4 Å². The number of hydrogen-bond donors (Lipinski definition) is 3. The van der Waals surface area contributed by atoms with Crippen molar-refractivity contribution in [1.29, 1.82) is 0 Å². The van der Waals surface area contributed by atoms with Gasteiger partial charge in [-0.1, -0.05) is 12.1 Å². The number of nitrogens with one attached hydrogen (secondary N) is 2. The van der Waals surface area contributed by atoms with Crippen molar-refractivity contribution in [3.8, 4) is 11.3 Å². The third-order valence-electron chi connectivity index (χ3n) is 6.56. The highest BCUT2D eigenvalue weighted by Crippen LogP contribution is 2.40. The van der Waals surface area contributed by atoms with Crippen molar-refractivity contribution in [1.82, 2.24) is 15.2 Å². The highest BCUT2D eigenvalue weighted by molar-refractivity contribution is 7.80. The Balaban J connectivity index is 1.41. The molecule has 0 spiro atoms. The summed E-state index contributed by atoms with van der Waals surface area (Å²) in [6.45, 7) is 2.13. The van der Waals surface area contributed by atoms with Gasteiger partial charge >= 0.3 is 5.97 Å². The molecule has 39 heavy (non-hydrogen) atoms. The van der Waals surface area contributed by atoms with E-state index < -0.39 is 12.0 Å². The molecular formula is C29H25FN4O4S. The molecule has 5 rings (SSSR count). The largest absolute Gasteiger partial charge is 0.478 e. The van der Waals surface area contributed by atoms with Gasteiger partial charge in [0, 0.05) is 30.4 Å². The van der Waals surface area contributed by atoms with Gasteiger partial charge in [-0.2, -0.15) is 0 Å². The van der Waals surface area contributed by atoms with Crippen LogP contribution in [0.25, 0.3) is 11.3 Å². The number of benzene rings is 2. The highest BCUT2D eigenvalue weighted by atomic mass is 32.1. The molecule has 4 aromatic rings. The zero-order valence-electron chi connectivity index (χ0n) is 20.9. The molecule has 198 valence electrons. The Morgan fingerprint density at radius 1 is 1.13 bits per heavy atom. The number of aromatic carboxylic acids is 1. The second-order valence-corrected chi connectivity index (χ2v) is 9.55. The molecule has 0 saturated carbocycles. The maximum Gasteiger partial charge on any atom is 0.335 e. The minimum Gasteiger partial charge on any atom is -0.478 e. The van der Waals surface area contributed by atoms with Crippen LogP contribution in [0, 0.1) is 12.7 Å². The van der Waals surface area contributed by atoms with Crippen LogP contribution in [0.3, 0.4) is 0 Å². The van der Waals surface area contributed by atoms with Gasteiger partial charge in [0.15, 0.2) is 5.11 Å². The van der Waals surface area contributed by atoms with Crippen molar-refractivity contribution in [3.05, 3.63) is 107 Å². The minimum absolute atomic E-state index is 0.133. The highest BCUT2D eigenvalue weighted by Gasteiger charge is 2.41. The fourth-order valence-electron chi connectivity index (χ4n) is 4.66. The predicted molar refractivity (Wildman–Crippen MR) is 148 cm³/mol. The van der Waals surface area contributed by atoms with E-state index in [1.54, 1.807) is 24.4 Å². The van der Waals surface area contributed by atoms with Gasteiger partial charge in [0.2, 0.25) is 5.91 Å². The molecule has 2 aromatic carbocycles. The summed E-state index contributed by atoms with van der Waals surface area (Å²) in [4.78, 5) is 30.4. The molecule has 0 bridgehead atoms. The summed E-state index contributed by atoms with van der Waals surface area (Å²) in [6, 6.07) is 19.1. The van der Waals surface area contributed by atoms with Crippen LogP contribution in [0.2, 0.25) is 0 Å². The van der Waals surface area contributed by atoms with Gasteiger partial charge in [-0.15, -0.1) is 0 Å². The average molecular weight is 545 g/mol. The van der Waals surface area contributed by atoms with Gasteiger partial charge in [-0.3, -0.25) is 9.78 Å². The zero-order valence-corrected chi connectivity index (χ0v) is 21.7. The van der Waals surface area contributed by atoms with E-state index in [1.807, 2.05) is 42.2 Å². The summed E-state index contributed by atoms with van der Waals surface area (Å²) < 4.78 is 19.5. The molecule has 3 heterocycles. The quantitative estimate of drug-likeness (QED) is 0.250. The van der Waals surface area contributed by atoms with Crippen LogP contribution < -0.4 is 10.6 Å². The fourth-order valence-corrected chi connectivity index (χ4v) is 5.00. The monoisotopic (exact) mass is 544 g/mol. The number of hydrogen-bond acceptors (Lipinski definition) is 5. The molecule has 8 nitrogen and oxygen atoms in total. The Hall–Kier alpha value is -4.57. The van der Waals surface area contributed by atoms with E-state index in [1.165, 1.54) is 24.3 Å². The number of halogens is 1. The minimum atomic E-state index is -0.993. The number of thiocarbonyl (C=S) groups is 1. The molecule has 0 unspecified atom stereocenters. The van der Waals surface area contributed by atoms with Gasteiger partial charge < -0.3 is 25.1 Å². The van der Waals surface area contributed by atoms with E-state index in [4.69, 9.17) is 16.6 Å². The molecule has 1 aliphatic rings. The first kappa shape index (κ1) is 26.1. The van der Waals surface area contributed by atoms with Crippen LogP contribution in [0.5, 0.6) is 0 Å². The molecule has 1 saturated heterocycles. The Kier molecular flexibility index (Phi) is 7.38. The second-order valence-electron chi connectivity index (χ2n) is 9.16. The molecule has 1 aliphatic heterocycles. The van der Waals surface area contributed by atoms with E-state index in [2.05, 4.69) is 15.6 Å². The maximum absolute atomic E-state index is 13.2. The van der Waals surface area contributed by atoms with Crippen LogP contribution in [0.4, 0.5) is 10.1 Å². The Morgan fingerprint density at radius 3 is 2.62 bits per heavy atom. The summed E-state index contributed by atoms with van der Waals surface area (Å²) in [7, 11) is 0. The first-order valence-corrected chi connectivity index (χ1v) is 12.7. The van der Waals surface area contributed by atoms with E-state index >= 15 is 0 Å². The maximum atomic E-state index is 13.2. The number of pyridine rings is 1. The van der Waals surface area contributed by atoms with Crippen molar-refractivity contribution >= 4 is 34.9 Å². The first-order valence-electron chi connectivity index (χ1n) is 12.3. The molecular weight excluding hydrogens is 519 g/mol. The summed E-state index contributed by atoms with van der Waals surface area (Å²) in [6.07, 6.45) is 1.84. The zero-order chi connectivity index (χ0) is 27.5. The lowest BCUT2D eigenvalue weighted by Gasteiger charge is -2.25. The van der Waals surface area contributed by atoms with Crippen LogP contribution in [-0.4, -0.2) is 38.5 Å². The van der Waals surface area contributed by atoms with Gasteiger partial charge in [0.1, 0.15) is 23.4 Å². The molecule has 2 aromatic heterocycles. The fraction of sp³-hybridized carbons (Fsp3) is 0.172. The summed E-state index contributed by atoms with van der Waals surface area (Å²) >= 11 is 5.67. The smallest absolute Gasteiger partial charge is 0.335 e. The van der Waals surface area contributed by atoms with Crippen LogP contribution in [0.15, 0.2) is 83.4 Å². The molecule has 0 aliphatic carbocycles. The number of nitrogens with zero attached hydrogens (tertiary/aromatic N) is 2. The molecule has 2 atom stereocenters. The van der Waals surface area contributed by atoms with E-state index in [9.17, 15) is 19.1 Å². The van der Waals surface area contributed by atoms with Gasteiger partial charge in [-0.05, 0) is 85.4 Å². The van der Waals surface area contributed by atoms with Gasteiger partial charge in [0.25, 0.3) is 0 Å². The summed E-state index contributed by atoms with van der Waals surface area (Å²) in [5.74, 6) is -0.401. The van der Waals surface area contributed by atoms with Crippen molar-refractivity contribution < 1.29 is 23.5 Å². The SMILES string of the molecule is Cc1cc(C(=O)O)ccc1-c1ccc([C@H]2[C@@H](c3ccccn3)NC(=S)N2CCC(=O)Nc2ccc(F)cc2)o1. The number of carboxylic acid groups (broad SMARTS) is 1. The van der Waals surface area contributed by atoms with Gasteiger partial charge in [0.05, 0.1) is 17.3 Å². The lowest BCUT2D eigenvalue weighted by atomic mass is 10.0. The summed E-state index contributed by atoms with van der Waals surface area (Å²) in [5.41, 5.74) is 3.02. The number of carbonyl (C=O) groups excluding carboxylic acids is 1. The number of carboxylic acids is 1. The predicted octanol–water partition coefficient (Wildman–Crippen LogP) is 5.49. The van der Waals surface area contributed by atoms with Gasteiger partial charge in [-0.25, -0.2) is 9.18 Å². The number of carbonyl (C=O) groups is 2. The molecule has 1 fully saturated rings. The average Bonchev–Trinajstić information content (AvgIpc) is 3.53. The van der Waals surface area contributed by atoms with E-state index in [0.29, 0.717) is 28.9 Å². The molecule has 0 radical (unpaired) electrons. The van der Waals surface area contributed by atoms with Crippen LogP contribution in [0.1, 0.15) is 45.9 Å². The number of anilines is 1. The first-order chi connectivity index (χ1) is 18.8. The normalized spacial score (nSPS) is 16.7. The number of amides is 1. The number of furan rings is 1. The van der Waals surface area contributed by atoms with Crippen molar-refractivity contribution in [2.24, 2.45) is 0 Å². The van der Waals surface area contributed by atoms with E-state index in [-0.39, 0.29) is 29.8 Å². The standard InChI is InChI=1S/C29H25FN4O4S/c1-17-16-18(28(36)37)5-10-21(17)23-11-12-24(38-23)27-26(22-4-2-3-14-31-22)33-29(39)34(27)15-13-25(35)32-20-8-6-19(30)7-9-20/h2-12,14,16,26-27H,13,15H2,1H3,(H,32,35)(H,33,39)(H,36,37)/t26-,27+/m1/s1. The van der Waals surface area contributed by atoms with Crippen LogP contribution in [-0.2, 0) is 4.79 Å². The topological polar surface area (TPSA) is 108 Å². The Labute approximate surface area is 229 Å². The lowest BCUT2D eigenvalue weighted by Crippen LogP contribution is -2.32. The molecule has 1 amide bonds. The Bertz CT molecular complexity index is 1520. The van der Waals surface area contributed by atoms with E-state index in [0.717, 1.165) is 16.8 Å². The second kappa shape index (κ2) is 11.0. The molecule has 10 heteroatoms. The van der Waals surface area contributed by atoms with Crippen molar-refractivity contribution in [2.75, 3.05) is 11.9 Å². The number of rotatable bonds is 8. The van der Waals surface area contributed by atoms with Crippen molar-refractivity contribution in [3.63, 3.8) is 0 Å². The third kappa shape index (κ3) is 5.65. The third-order valence-corrected chi connectivity index (χ3v) is 6.91. The lowest BCUT2D eigenvalue weighted by molar-refractivity contribution is -0.116. The molecule has 3 N–H and O–H groups in total. The summed E-state index contributed by atoms with van der Waals surface area (Å²) in [5, 5.41) is 15.9. The Morgan fingerprint density at radius 2 is 1.92 bits per heavy atom.